The highest BCUT2D eigenvalue weighted by Gasteiger charge is 2.29. The lowest BCUT2D eigenvalue weighted by Crippen LogP contribution is -2.26. The summed E-state index contributed by atoms with van der Waals surface area (Å²) in [7, 11) is -2.32. The Morgan fingerprint density at radius 1 is 0.327 bits per heavy atom. The van der Waals surface area contributed by atoms with Gasteiger partial charge in [-0.15, -0.1) is 0 Å². The minimum absolute atomic E-state index is 0.218. The Labute approximate surface area is 304 Å². The molecule has 4 nitrogen and oxygen atoms in total. The van der Waals surface area contributed by atoms with Crippen molar-refractivity contribution in [2.45, 2.75) is 0 Å². The summed E-state index contributed by atoms with van der Waals surface area (Å²) in [6, 6.07) is 60.9. The zero-order valence-corrected chi connectivity index (χ0v) is 29.7. The summed E-state index contributed by atoms with van der Waals surface area (Å²) in [6.07, 6.45) is 0. The van der Waals surface area contributed by atoms with Crippen molar-refractivity contribution in [1.29, 1.82) is 0 Å². The van der Waals surface area contributed by atoms with Gasteiger partial charge in [-0.05, 0) is 92.5 Å². The molecule has 0 radical (unpaired) electrons. The van der Waals surface area contributed by atoms with Crippen LogP contribution in [0.1, 0.15) is 20.7 Å². The predicted octanol–water partition coefficient (Wildman–Crippen LogP) is 8.57. The molecule has 2 N–H and O–H groups in total. The molecule has 0 aromatic heterocycles. The number of carboxylic acids is 2. The molecule has 0 unspecified atom stereocenters. The first kappa shape index (κ1) is 33.2. The van der Waals surface area contributed by atoms with E-state index < -0.39 is 27.8 Å². The molecular weight excluding hydrogens is 678 g/mol. The summed E-state index contributed by atoms with van der Waals surface area (Å²) in [5, 5.41) is 30.5. The van der Waals surface area contributed by atoms with Gasteiger partial charge in [-0.25, -0.2) is 9.59 Å². The van der Waals surface area contributed by atoms with Crippen LogP contribution < -0.4 is 31.8 Å². The number of carboxylic acid groups (broad SMARTS) is 2. The van der Waals surface area contributed by atoms with E-state index in [9.17, 15) is 19.8 Å². The van der Waals surface area contributed by atoms with E-state index in [1.54, 1.807) is 12.1 Å². The Balaban J connectivity index is 1.59. The van der Waals surface area contributed by atoms with Crippen molar-refractivity contribution < 1.29 is 19.8 Å². The fourth-order valence-corrected chi connectivity index (χ4v) is 12.1. The standard InChI is InChI=1S/C46H32O4P2/c47-45(48)39-25-13-23-37-35(39)27-29-41(51(31-15-5-1-6-16-31)32-17-7-2-8-18-32)43(37)44-38-24-14-26-40(46(49)50)36(38)28-30-42(44)52(33-19-9-3-10-20-33)34-21-11-4-12-22-34/h1-30H,(H,47,48)(H,49,50). The minimum Gasteiger partial charge on any atom is -0.478 e. The maximum absolute atomic E-state index is 12.7. The first-order valence-corrected chi connectivity index (χ1v) is 19.6. The van der Waals surface area contributed by atoms with Crippen LogP contribution in [0.4, 0.5) is 0 Å². The summed E-state index contributed by atoms with van der Waals surface area (Å²) in [4.78, 5) is 25.5. The van der Waals surface area contributed by atoms with E-state index in [-0.39, 0.29) is 11.1 Å². The topological polar surface area (TPSA) is 74.6 Å². The summed E-state index contributed by atoms with van der Waals surface area (Å²) < 4.78 is 0. The highest BCUT2D eigenvalue weighted by Crippen LogP contribution is 2.46. The second kappa shape index (κ2) is 14.4. The molecule has 0 fully saturated rings. The highest BCUT2D eigenvalue weighted by atomic mass is 31.1. The molecule has 0 aliphatic rings. The minimum atomic E-state index is -1.16. The van der Waals surface area contributed by atoms with Crippen LogP contribution in [0.25, 0.3) is 32.7 Å². The van der Waals surface area contributed by atoms with E-state index in [0.29, 0.717) is 10.8 Å². The van der Waals surface area contributed by atoms with Crippen LogP contribution >= 0.6 is 15.8 Å². The van der Waals surface area contributed by atoms with Gasteiger partial charge in [0.05, 0.1) is 11.1 Å². The van der Waals surface area contributed by atoms with Crippen LogP contribution in [0, 0.1) is 0 Å². The summed E-state index contributed by atoms with van der Waals surface area (Å²) >= 11 is 0. The molecule has 8 aromatic rings. The van der Waals surface area contributed by atoms with Gasteiger partial charge < -0.3 is 10.2 Å². The third kappa shape index (κ3) is 6.07. The van der Waals surface area contributed by atoms with Gasteiger partial charge >= 0.3 is 11.9 Å². The van der Waals surface area contributed by atoms with Gasteiger partial charge in [0.1, 0.15) is 0 Å². The lowest BCUT2D eigenvalue weighted by Gasteiger charge is -2.28. The third-order valence-electron chi connectivity index (χ3n) is 9.33. The molecule has 52 heavy (non-hydrogen) atoms. The molecule has 0 atom stereocenters. The lowest BCUT2D eigenvalue weighted by molar-refractivity contribution is 0.0688. The normalized spacial score (nSPS) is 11.3. The fraction of sp³-hybridized carbons (Fsp3) is 0. The van der Waals surface area contributed by atoms with E-state index in [1.807, 2.05) is 60.7 Å². The van der Waals surface area contributed by atoms with E-state index in [1.165, 1.54) is 0 Å². The molecule has 0 spiro atoms. The maximum atomic E-state index is 12.7. The monoisotopic (exact) mass is 710 g/mol. The number of fused-ring (bicyclic) bond motifs is 2. The Kier molecular flexibility index (Phi) is 9.18. The molecule has 0 amide bonds. The second-order valence-corrected chi connectivity index (χ2v) is 16.7. The first-order chi connectivity index (χ1) is 25.5. The number of aromatic carboxylic acids is 2. The van der Waals surface area contributed by atoms with Crippen molar-refractivity contribution in [2.75, 3.05) is 0 Å². The van der Waals surface area contributed by atoms with Gasteiger partial charge in [-0.2, -0.15) is 0 Å². The average Bonchev–Trinajstić information content (AvgIpc) is 3.19. The molecule has 0 saturated carbocycles. The maximum Gasteiger partial charge on any atom is 0.336 e. The molecule has 0 aliphatic carbocycles. The van der Waals surface area contributed by atoms with Crippen LogP contribution in [0.3, 0.4) is 0 Å². The number of benzene rings is 8. The molecule has 0 heterocycles. The fourth-order valence-electron chi connectivity index (χ4n) is 7.13. The molecule has 6 heteroatoms. The van der Waals surface area contributed by atoms with Crippen LogP contribution in [0.5, 0.6) is 0 Å². The van der Waals surface area contributed by atoms with Crippen LogP contribution in [-0.2, 0) is 0 Å². The van der Waals surface area contributed by atoms with Gasteiger partial charge in [0.25, 0.3) is 0 Å². The quantitative estimate of drug-likeness (QED) is 0.147. The number of carbonyl (C=O) groups is 2. The van der Waals surface area contributed by atoms with E-state index in [4.69, 9.17) is 0 Å². The van der Waals surface area contributed by atoms with Crippen molar-refractivity contribution in [3.8, 4) is 11.1 Å². The average molecular weight is 711 g/mol. The molecule has 0 saturated heterocycles. The molecule has 0 bridgehead atoms. The number of hydrogen-bond donors (Lipinski definition) is 2. The summed E-state index contributed by atoms with van der Waals surface area (Å²) in [5.74, 6) is -2.00. The smallest absolute Gasteiger partial charge is 0.336 e. The number of hydrogen-bond acceptors (Lipinski definition) is 2. The van der Waals surface area contributed by atoms with Gasteiger partial charge in [-0.1, -0.05) is 170 Å². The summed E-state index contributed by atoms with van der Waals surface area (Å²) in [6.45, 7) is 0. The summed E-state index contributed by atoms with van der Waals surface area (Å²) in [5.41, 5.74) is 2.27. The van der Waals surface area contributed by atoms with Crippen LogP contribution in [-0.4, -0.2) is 22.2 Å². The van der Waals surface area contributed by atoms with E-state index in [2.05, 4.69) is 109 Å². The Morgan fingerprint density at radius 3 is 0.923 bits per heavy atom. The van der Waals surface area contributed by atoms with E-state index >= 15 is 0 Å². The first-order valence-electron chi connectivity index (χ1n) is 16.9. The Bertz CT molecular complexity index is 2310. The molecule has 8 aromatic carbocycles. The van der Waals surface area contributed by atoms with Gasteiger partial charge in [0.2, 0.25) is 0 Å². The van der Waals surface area contributed by atoms with E-state index in [0.717, 1.165) is 53.7 Å². The third-order valence-corrected chi connectivity index (χ3v) is 14.3. The highest BCUT2D eigenvalue weighted by molar-refractivity contribution is 7.80. The van der Waals surface area contributed by atoms with Crippen molar-refractivity contribution >= 4 is 81.2 Å². The lowest BCUT2D eigenvalue weighted by atomic mass is 9.91. The molecule has 250 valence electrons. The number of rotatable bonds is 9. The molecular formula is C46H32O4P2. The largest absolute Gasteiger partial charge is 0.478 e. The molecule has 8 rings (SSSR count). The Hall–Kier alpha value is -5.92. The Morgan fingerprint density at radius 2 is 0.635 bits per heavy atom. The second-order valence-electron chi connectivity index (χ2n) is 12.3. The van der Waals surface area contributed by atoms with Crippen molar-refractivity contribution in [2.24, 2.45) is 0 Å². The van der Waals surface area contributed by atoms with Crippen molar-refractivity contribution in [1.82, 2.24) is 0 Å². The zero-order chi connectivity index (χ0) is 35.6. The van der Waals surface area contributed by atoms with Gasteiger partial charge in [0, 0.05) is 0 Å². The molecule has 0 aliphatic heterocycles. The van der Waals surface area contributed by atoms with Crippen molar-refractivity contribution in [3.63, 3.8) is 0 Å². The van der Waals surface area contributed by atoms with Gasteiger partial charge in [0.15, 0.2) is 0 Å². The predicted molar refractivity (Wildman–Crippen MR) is 218 cm³/mol. The van der Waals surface area contributed by atoms with Crippen LogP contribution in [0.15, 0.2) is 182 Å². The van der Waals surface area contributed by atoms with Crippen LogP contribution in [0.2, 0.25) is 0 Å². The SMILES string of the molecule is O=C(O)c1cccc2c(-c3c(P(c4ccccc4)c4ccccc4)ccc4c(C(=O)O)cccc34)c(P(c3ccccc3)c3ccccc3)ccc12. The zero-order valence-electron chi connectivity index (χ0n) is 27.9. The van der Waals surface area contributed by atoms with Crippen molar-refractivity contribution in [3.05, 3.63) is 193 Å². The van der Waals surface area contributed by atoms with Gasteiger partial charge in [-0.3, -0.25) is 0 Å².